The molecule has 2 aliphatic carbocycles. The molecule has 1 unspecified atom stereocenters. The lowest BCUT2D eigenvalue weighted by atomic mass is 10.0. The minimum Gasteiger partial charge on any atom is -0.465 e. The minimum absolute atomic E-state index is 0.0320. The zero-order valence-corrected chi connectivity index (χ0v) is 17.3. The van der Waals surface area contributed by atoms with Crippen molar-refractivity contribution in [2.45, 2.75) is 70.4 Å². The molecular formula is C21H28N6O3. The monoisotopic (exact) mass is 412 g/mol. The Morgan fingerprint density at radius 2 is 2.07 bits per heavy atom. The molecular weight excluding hydrogens is 384 g/mol. The second kappa shape index (κ2) is 8.41. The van der Waals surface area contributed by atoms with E-state index < -0.39 is 6.09 Å². The Kier molecular flexibility index (Phi) is 5.69. The average Bonchev–Trinajstić information content (AvgIpc) is 3.27. The first kappa shape index (κ1) is 20.3. The molecule has 2 saturated carbocycles. The van der Waals surface area contributed by atoms with Crippen LogP contribution >= 0.6 is 0 Å². The number of carboxylic acid groups (broad SMARTS) is 1. The number of rotatable bonds is 7. The van der Waals surface area contributed by atoms with Crippen molar-refractivity contribution in [3.05, 3.63) is 35.5 Å². The number of anilines is 1. The van der Waals surface area contributed by atoms with Gasteiger partial charge in [0.2, 0.25) is 5.91 Å². The molecule has 30 heavy (non-hydrogen) atoms. The number of H-pyrrole nitrogens is 1. The van der Waals surface area contributed by atoms with Crippen LogP contribution in [-0.2, 0) is 11.2 Å². The summed E-state index contributed by atoms with van der Waals surface area (Å²) in [5.41, 5.74) is 2.34. The summed E-state index contributed by atoms with van der Waals surface area (Å²) in [7, 11) is 0. The molecule has 2 amide bonds. The molecule has 0 bridgehead atoms. The van der Waals surface area contributed by atoms with Crippen molar-refractivity contribution in [2.75, 3.05) is 5.32 Å². The molecule has 0 saturated heterocycles. The van der Waals surface area contributed by atoms with Crippen LogP contribution < -0.4 is 5.32 Å². The van der Waals surface area contributed by atoms with Crippen LogP contribution in [0.25, 0.3) is 0 Å². The summed E-state index contributed by atoms with van der Waals surface area (Å²) in [6, 6.07) is 1.96. The van der Waals surface area contributed by atoms with E-state index in [1.54, 1.807) is 17.3 Å². The van der Waals surface area contributed by atoms with Gasteiger partial charge < -0.3 is 15.3 Å². The number of amides is 2. The lowest BCUT2D eigenvalue weighted by molar-refractivity contribution is -0.115. The van der Waals surface area contributed by atoms with Gasteiger partial charge in [0.25, 0.3) is 0 Å². The third-order valence-corrected chi connectivity index (χ3v) is 6.24. The second-order valence-corrected chi connectivity index (χ2v) is 8.51. The van der Waals surface area contributed by atoms with E-state index in [1.807, 2.05) is 19.9 Å². The normalized spacial score (nSPS) is 21.9. The average molecular weight is 412 g/mol. The maximum absolute atomic E-state index is 12.3. The van der Waals surface area contributed by atoms with Crippen LogP contribution in [0.3, 0.4) is 0 Å². The summed E-state index contributed by atoms with van der Waals surface area (Å²) in [5, 5.41) is 19.7. The fourth-order valence-electron chi connectivity index (χ4n) is 4.43. The predicted octanol–water partition coefficient (Wildman–Crippen LogP) is 3.10. The Morgan fingerprint density at radius 3 is 2.73 bits per heavy atom. The van der Waals surface area contributed by atoms with Crippen molar-refractivity contribution in [2.24, 2.45) is 5.92 Å². The number of hydrogen-bond donors (Lipinski definition) is 3. The van der Waals surface area contributed by atoms with E-state index in [0.29, 0.717) is 17.4 Å². The standard InChI is InChI=1S/C21H28N6O3/c1-12-10-23-16(11-22-12)8-20(28)24-19-9-18(25-26-19)15-5-6-17(7-15)27(21(29)30)13(2)14-3-4-14/h9-11,13-15,17H,3-8H2,1-2H3,(H,29,30)(H2,24,25,26,28)/t13?,15-,17+/m0/s1. The summed E-state index contributed by atoms with van der Waals surface area (Å²) < 4.78 is 0. The number of aromatic nitrogens is 4. The highest BCUT2D eigenvalue weighted by molar-refractivity contribution is 5.91. The number of aryl methyl sites for hydroxylation is 1. The summed E-state index contributed by atoms with van der Waals surface area (Å²) in [4.78, 5) is 34.1. The van der Waals surface area contributed by atoms with E-state index in [4.69, 9.17) is 0 Å². The molecule has 3 atom stereocenters. The van der Waals surface area contributed by atoms with Gasteiger partial charge in [-0.25, -0.2) is 4.79 Å². The number of carbonyl (C=O) groups is 2. The molecule has 3 N–H and O–H groups in total. The highest BCUT2D eigenvalue weighted by Gasteiger charge is 2.41. The lowest BCUT2D eigenvalue weighted by Gasteiger charge is -2.32. The van der Waals surface area contributed by atoms with Gasteiger partial charge in [-0.3, -0.25) is 19.9 Å². The molecule has 9 nitrogen and oxygen atoms in total. The minimum atomic E-state index is -0.822. The van der Waals surface area contributed by atoms with Gasteiger partial charge >= 0.3 is 6.09 Å². The molecule has 0 aliphatic heterocycles. The molecule has 0 radical (unpaired) electrons. The topological polar surface area (TPSA) is 124 Å². The molecule has 2 aromatic heterocycles. The van der Waals surface area contributed by atoms with Gasteiger partial charge in [-0.1, -0.05) is 0 Å². The first-order valence-corrected chi connectivity index (χ1v) is 10.5. The van der Waals surface area contributed by atoms with Crippen molar-refractivity contribution < 1.29 is 14.7 Å². The van der Waals surface area contributed by atoms with Gasteiger partial charge in [0.1, 0.15) is 0 Å². The first-order valence-electron chi connectivity index (χ1n) is 10.5. The van der Waals surface area contributed by atoms with E-state index in [1.165, 1.54) is 0 Å². The van der Waals surface area contributed by atoms with Crippen LogP contribution in [0.15, 0.2) is 18.5 Å². The quantitative estimate of drug-likeness (QED) is 0.642. The van der Waals surface area contributed by atoms with Gasteiger partial charge in [-0.05, 0) is 51.9 Å². The van der Waals surface area contributed by atoms with E-state index in [9.17, 15) is 14.7 Å². The molecule has 2 fully saturated rings. The fourth-order valence-corrected chi connectivity index (χ4v) is 4.43. The van der Waals surface area contributed by atoms with Crippen molar-refractivity contribution in [3.63, 3.8) is 0 Å². The zero-order valence-electron chi connectivity index (χ0n) is 17.3. The second-order valence-electron chi connectivity index (χ2n) is 8.51. The maximum atomic E-state index is 12.3. The van der Waals surface area contributed by atoms with Gasteiger partial charge in [0.05, 0.1) is 17.8 Å². The summed E-state index contributed by atoms with van der Waals surface area (Å²) in [6.45, 7) is 3.87. The third-order valence-electron chi connectivity index (χ3n) is 6.24. The van der Waals surface area contributed by atoms with Crippen LogP contribution in [-0.4, -0.2) is 54.3 Å². The van der Waals surface area contributed by atoms with Gasteiger partial charge in [0, 0.05) is 42.2 Å². The van der Waals surface area contributed by atoms with Crippen molar-refractivity contribution >= 4 is 17.8 Å². The van der Waals surface area contributed by atoms with E-state index in [0.717, 1.165) is 43.5 Å². The predicted molar refractivity (Wildman–Crippen MR) is 110 cm³/mol. The smallest absolute Gasteiger partial charge is 0.407 e. The van der Waals surface area contributed by atoms with Crippen molar-refractivity contribution in [1.29, 1.82) is 0 Å². The molecule has 9 heteroatoms. The lowest BCUT2D eigenvalue weighted by Crippen LogP contribution is -2.45. The van der Waals surface area contributed by atoms with Crippen LogP contribution in [0.2, 0.25) is 0 Å². The Morgan fingerprint density at radius 1 is 1.27 bits per heavy atom. The molecule has 2 aromatic rings. The van der Waals surface area contributed by atoms with E-state index >= 15 is 0 Å². The number of carbonyl (C=O) groups excluding carboxylic acids is 1. The molecule has 160 valence electrons. The largest absolute Gasteiger partial charge is 0.465 e. The van der Waals surface area contributed by atoms with E-state index in [2.05, 4.69) is 25.5 Å². The first-order chi connectivity index (χ1) is 14.4. The van der Waals surface area contributed by atoms with Crippen LogP contribution in [0.4, 0.5) is 10.6 Å². The third kappa shape index (κ3) is 4.60. The van der Waals surface area contributed by atoms with Crippen molar-refractivity contribution in [3.8, 4) is 0 Å². The highest BCUT2D eigenvalue weighted by atomic mass is 16.4. The molecule has 0 spiro atoms. The molecule has 2 heterocycles. The van der Waals surface area contributed by atoms with E-state index in [-0.39, 0.29) is 30.3 Å². The van der Waals surface area contributed by atoms with Crippen LogP contribution in [0.1, 0.15) is 62.0 Å². The fraction of sp³-hybridized carbons (Fsp3) is 0.571. The molecule has 0 aromatic carbocycles. The van der Waals surface area contributed by atoms with Crippen LogP contribution in [0, 0.1) is 12.8 Å². The number of nitrogens with one attached hydrogen (secondary N) is 2. The van der Waals surface area contributed by atoms with Crippen LogP contribution in [0.5, 0.6) is 0 Å². The summed E-state index contributed by atoms with van der Waals surface area (Å²) in [5.74, 6) is 0.988. The summed E-state index contributed by atoms with van der Waals surface area (Å²) in [6.07, 6.45) is 7.32. The van der Waals surface area contributed by atoms with Gasteiger partial charge in [-0.2, -0.15) is 5.10 Å². The van der Waals surface area contributed by atoms with Crippen molar-refractivity contribution in [1.82, 2.24) is 25.1 Å². The zero-order chi connectivity index (χ0) is 21.3. The number of nitrogens with zero attached hydrogens (tertiary/aromatic N) is 4. The Labute approximate surface area is 175 Å². The summed E-state index contributed by atoms with van der Waals surface area (Å²) >= 11 is 0. The molecule has 4 rings (SSSR count). The Balaban J connectivity index is 1.34. The number of hydrogen-bond acceptors (Lipinski definition) is 5. The molecule has 2 aliphatic rings. The highest BCUT2D eigenvalue weighted by Crippen LogP contribution is 2.41. The number of aromatic amines is 1. The maximum Gasteiger partial charge on any atom is 0.407 e. The Hall–Kier alpha value is -2.97. The Bertz CT molecular complexity index is 908. The van der Waals surface area contributed by atoms with Gasteiger partial charge in [-0.15, -0.1) is 0 Å². The SMILES string of the molecule is Cc1cnc(CC(=O)Nc2cc([C@H]3CC[C@@H](N(C(=O)O)C(C)C4CC4)C3)[nH]n2)cn1. The van der Waals surface area contributed by atoms with Gasteiger partial charge in [0.15, 0.2) is 5.82 Å².